The van der Waals surface area contributed by atoms with E-state index in [1.807, 2.05) is 0 Å². The summed E-state index contributed by atoms with van der Waals surface area (Å²) in [6.45, 7) is 0. The lowest BCUT2D eigenvalue weighted by molar-refractivity contribution is 0.599. The van der Waals surface area contributed by atoms with E-state index in [0.717, 1.165) is 24.1 Å². The van der Waals surface area contributed by atoms with Crippen LogP contribution in [0.25, 0.3) is 10.3 Å². The van der Waals surface area contributed by atoms with Crippen LogP contribution in [-0.4, -0.2) is 29.6 Å². The molecule has 1 aliphatic carbocycles. The van der Waals surface area contributed by atoms with Crippen LogP contribution in [0.5, 0.6) is 0 Å². The SMILES string of the molecule is CS(=O)(=O)c1nc(N)nc2sc(C3CC3)nc12. The van der Waals surface area contributed by atoms with Crippen molar-refractivity contribution >= 4 is 37.5 Å². The Labute approximate surface area is 102 Å². The van der Waals surface area contributed by atoms with Gasteiger partial charge in [-0.05, 0) is 12.8 Å². The molecule has 90 valence electrons. The largest absolute Gasteiger partial charge is 0.368 e. The van der Waals surface area contributed by atoms with E-state index in [4.69, 9.17) is 5.73 Å². The van der Waals surface area contributed by atoms with Gasteiger partial charge in [0.1, 0.15) is 5.52 Å². The van der Waals surface area contributed by atoms with Gasteiger partial charge in [0.25, 0.3) is 0 Å². The number of thiazole rings is 1. The fourth-order valence-corrected chi connectivity index (χ4v) is 3.53. The second-order valence-corrected chi connectivity index (χ2v) is 7.08. The highest BCUT2D eigenvalue weighted by molar-refractivity contribution is 7.90. The molecule has 2 aromatic heterocycles. The van der Waals surface area contributed by atoms with Crippen molar-refractivity contribution in [1.29, 1.82) is 0 Å². The van der Waals surface area contributed by atoms with Crippen LogP contribution in [-0.2, 0) is 9.84 Å². The summed E-state index contributed by atoms with van der Waals surface area (Å²) in [7, 11) is -3.43. The number of nitrogens with two attached hydrogens (primary N) is 1. The van der Waals surface area contributed by atoms with Crippen molar-refractivity contribution in [3.8, 4) is 0 Å². The van der Waals surface area contributed by atoms with E-state index < -0.39 is 9.84 Å². The van der Waals surface area contributed by atoms with E-state index in [1.165, 1.54) is 11.3 Å². The number of hydrogen-bond acceptors (Lipinski definition) is 7. The maximum atomic E-state index is 11.6. The molecule has 17 heavy (non-hydrogen) atoms. The quantitative estimate of drug-likeness (QED) is 0.816. The van der Waals surface area contributed by atoms with Gasteiger partial charge in [-0.2, -0.15) is 4.98 Å². The zero-order chi connectivity index (χ0) is 12.2. The Morgan fingerprint density at radius 3 is 2.59 bits per heavy atom. The summed E-state index contributed by atoms with van der Waals surface area (Å²) in [5, 5.41) is 0.868. The van der Waals surface area contributed by atoms with Gasteiger partial charge in [-0.25, -0.2) is 18.4 Å². The van der Waals surface area contributed by atoms with Gasteiger partial charge in [0, 0.05) is 12.2 Å². The lowest BCUT2D eigenvalue weighted by Crippen LogP contribution is -2.05. The summed E-state index contributed by atoms with van der Waals surface area (Å²) in [4.78, 5) is 12.7. The summed E-state index contributed by atoms with van der Waals surface area (Å²) >= 11 is 1.41. The molecule has 0 unspecified atom stereocenters. The van der Waals surface area contributed by atoms with Gasteiger partial charge >= 0.3 is 0 Å². The number of anilines is 1. The minimum atomic E-state index is -3.43. The Hall–Kier alpha value is -1.28. The fraction of sp³-hybridized carbons (Fsp3) is 0.444. The molecule has 0 atom stereocenters. The average molecular weight is 270 g/mol. The van der Waals surface area contributed by atoms with Crippen LogP contribution in [0.4, 0.5) is 5.95 Å². The van der Waals surface area contributed by atoms with Crippen molar-refractivity contribution in [2.45, 2.75) is 23.8 Å². The first-order valence-corrected chi connectivity index (χ1v) is 7.80. The molecule has 0 aromatic carbocycles. The molecule has 1 aliphatic rings. The molecule has 2 heterocycles. The highest BCUT2D eigenvalue weighted by Gasteiger charge is 2.29. The Morgan fingerprint density at radius 1 is 1.29 bits per heavy atom. The third kappa shape index (κ3) is 1.87. The molecule has 2 N–H and O–H groups in total. The first kappa shape index (κ1) is 10.8. The maximum Gasteiger partial charge on any atom is 0.222 e. The second kappa shape index (κ2) is 3.36. The van der Waals surface area contributed by atoms with Crippen LogP contribution in [0.2, 0.25) is 0 Å². The summed E-state index contributed by atoms with van der Waals surface area (Å²) in [5.74, 6) is 0.437. The van der Waals surface area contributed by atoms with Gasteiger partial charge in [0.05, 0.1) is 5.01 Å². The monoisotopic (exact) mass is 270 g/mol. The van der Waals surface area contributed by atoms with E-state index >= 15 is 0 Å². The standard InChI is InChI=1S/C9H10N4O2S2/c1-17(14,15)8-5-7(12-9(10)13-8)16-6(11-5)4-2-3-4/h4H,2-3H2,1H3,(H2,10,12,13). The van der Waals surface area contributed by atoms with Crippen molar-refractivity contribution in [3.05, 3.63) is 5.01 Å². The Kier molecular flexibility index (Phi) is 2.14. The minimum absolute atomic E-state index is 0.0241. The van der Waals surface area contributed by atoms with E-state index in [1.54, 1.807) is 0 Å². The molecule has 3 rings (SSSR count). The molecule has 8 heteroatoms. The average Bonchev–Trinajstić information content (AvgIpc) is 2.96. The molecule has 0 aliphatic heterocycles. The van der Waals surface area contributed by atoms with Crippen LogP contribution in [0.15, 0.2) is 5.03 Å². The summed E-state index contributed by atoms with van der Waals surface area (Å²) < 4.78 is 23.2. The highest BCUT2D eigenvalue weighted by atomic mass is 32.2. The van der Waals surface area contributed by atoms with Crippen LogP contribution >= 0.6 is 11.3 Å². The van der Waals surface area contributed by atoms with Gasteiger partial charge in [-0.15, -0.1) is 0 Å². The van der Waals surface area contributed by atoms with Gasteiger partial charge in [0.2, 0.25) is 5.95 Å². The predicted octanol–water partition coefficient (Wildman–Crippen LogP) is 0.949. The van der Waals surface area contributed by atoms with Crippen LogP contribution in [0.3, 0.4) is 0 Å². The van der Waals surface area contributed by atoms with Crippen LogP contribution < -0.4 is 5.73 Å². The fourth-order valence-electron chi connectivity index (χ4n) is 1.59. The van der Waals surface area contributed by atoms with Gasteiger partial charge in [-0.3, -0.25) is 0 Å². The minimum Gasteiger partial charge on any atom is -0.368 e. The first-order valence-electron chi connectivity index (χ1n) is 5.09. The van der Waals surface area contributed by atoms with Crippen molar-refractivity contribution < 1.29 is 8.42 Å². The van der Waals surface area contributed by atoms with Gasteiger partial charge in [0.15, 0.2) is 19.7 Å². The lowest BCUT2D eigenvalue weighted by atomic mass is 10.4. The van der Waals surface area contributed by atoms with Gasteiger partial charge < -0.3 is 5.73 Å². The summed E-state index contributed by atoms with van der Waals surface area (Å²) in [5.41, 5.74) is 5.87. The molecule has 0 spiro atoms. The van der Waals surface area contributed by atoms with E-state index in [2.05, 4.69) is 15.0 Å². The van der Waals surface area contributed by atoms with E-state index in [9.17, 15) is 8.42 Å². The first-order chi connectivity index (χ1) is 7.95. The number of nitrogen functional groups attached to an aromatic ring is 1. The second-order valence-electron chi connectivity index (χ2n) is 4.14. The molecular formula is C9H10N4O2S2. The molecule has 6 nitrogen and oxygen atoms in total. The van der Waals surface area contributed by atoms with Gasteiger partial charge in [-0.1, -0.05) is 11.3 Å². The van der Waals surface area contributed by atoms with Crippen molar-refractivity contribution in [2.24, 2.45) is 0 Å². The molecule has 1 fully saturated rings. The Morgan fingerprint density at radius 2 is 2.00 bits per heavy atom. The Bertz CT molecular complexity index is 703. The molecule has 1 saturated carbocycles. The normalized spacial score (nSPS) is 16.5. The van der Waals surface area contributed by atoms with E-state index in [-0.39, 0.29) is 11.0 Å². The molecule has 0 bridgehead atoms. The highest BCUT2D eigenvalue weighted by Crippen LogP contribution is 2.43. The molecule has 0 radical (unpaired) electrons. The van der Waals surface area contributed by atoms with Crippen molar-refractivity contribution in [2.75, 3.05) is 12.0 Å². The number of aromatic nitrogens is 3. The third-order valence-electron chi connectivity index (χ3n) is 2.54. The number of fused-ring (bicyclic) bond motifs is 1. The zero-order valence-corrected chi connectivity index (χ0v) is 10.7. The smallest absolute Gasteiger partial charge is 0.222 e. The number of rotatable bonds is 2. The molecule has 0 amide bonds. The van der Waals surface area contributed by atoms with E-state index in [0.29, 0.717) is 16.3 Å². The predicted molar refractivity (Wildman–Crippen MR) is 64.7 cm³/mol. The zero-order valence-electron chi connectivity index (χ0n) is 9.04. The molecule has 0 saturated heterocycles. The lowest BCUT2D eigenvalue weighted by Gasteiger charge is -1.98. The van der Waals surface area contributed by atoms with Crippen LogP contribution in [0, 0.1) is 0 Å². The maximum absolute atomic E-state index is 11.6. The summed E-state index contributed by atoms with van der Waals surface area (Å²) in [6.07, 6.45) is 3.32. The summed E-state index contributed by atoms with van der Waals surface area (Å²) in [6, 6.07) is 0. The van der Waals surface area contributed by atoms with Crippen molar-refractivity contribution in [3.63, 3.8) is 0 Å². The van der Waals surface area contributed by atoms with Crippen LogP contribution in [0.1, 0.15) is 23.8 Å². The topological polar surface area (TPSA) is 98.8 Å². The number of hydrogen-bond donors (Lipinski definition) is 1. The molecule has 2 aromatic rings. The number of sulfone groups is 1. The Balaban J connectivity index is 2.33. The third-order valence-corrected chi connectivity index (χ3v) is 4.64. The molecular weight excluding hydrogens is 260 g/mol. The number of nitrogens with zero attached hydrogens (tertiary/aromatic N) is 3. The van der Waals surface area contributed by atoms with Crippen molar-refractivity contribution in [1.82, 2.24) is 15.0 Å².